The van der Waals surface area contributed by atoms with Gasteiger partial charge < -0.3 is 5.32 Å². The van der Waals surface area contributed by atoms with E-state index in [9.17, 15) is 10.1 Å². The molecule has 0 spiro atoms. The zero-order chi connectivity index (χ0) is 14.7. The van der Waals surface area contributed by atoms with Gasteiger partial charge in [-0.15, -0.1) is 0 Å². The molecule has 7 heteroatoms. The van der Waals surface area contributed by atoms with Crippen LogP contribution in [0.2, 0.25) is 10.0 Å². The van der Waals surface area contributed by atoms with Crippen LogP contribution < -0.4 is 5.32 Å². The number of anilines is 1. The predicted octanol–water partition coefficient (Wildman–Crippen LogP) is 5.28. The van der Waals surface area contributed by atoms with Crippen molar-refractivity contribution in [1.29, 1.82) is 0 Å². The second-order valence-electron chi connectivity index (χ2n) is 4.01. The summed E-state index contributed by atoms with van der Waals surface area (Å²) in [7, 11) is 0. The molecule has 0 aliphatic rings. The molecule has 1 N–H and O–H groups in total. The Morgan fingerprint density at radius 2 is 1.90 bits per heavy atom. The molecule has 0 aromatic heterocycles. The number of nitrogens with zero attached hydrogens (tertiary/aromatic N) is 1. The summed E-state index contributed by atoms with van der Waals surface area (Å²) in [6.45, 7) is 0.492. The Labute approximate surface area is 134 Å². The maximum atomic E-state index is 10.7. The van der Waals surface area contributed by atoms with Gasteiger partial charge in [0.25, 0.3) is 5.69 Å². The third-order valence-electron chi connectivity index (χ3n) is 2.64. The van der Waals surface area contributed by atoms with Crippen molar-refractivity contribution < 1.29 is 4.92 Å². The van der Waals surface area contributed by atoms with Crippen molar-refractivity contribution in [3.63, 3.8) is 0 Å². The Bertz CT molecular complexity index is 665. The quantitative estimate of drug-likeness (QED) is 0.584. The molecule has 20 heavy (non-hydrogen) atoms. The van der Waals surface area contributed by atoms with Crippen LogP contribution in [0.4, 0.5) is 11.4 Å². The van der Waals surface area contributed by atoms with Crippen molar-refractivity contribution in [2.75, 3.05) is 5.32 Å². The van der Waals surface area contributed by atoms with Gasteiger partial charge in [-0.2, -0.15) is 0 Å². The highest BCUT2D eigenvalue weighted by atomic mass is 79.9. The first kappa shape index (κ1) is 15.1. The number of halogens is 3. The van der Waals surface area contributed by atoms with E-state index in [0.717, 1.165) is 10.0 Å². The number of benzene rings is 2. The monoisotopic (exact) mass is 374 g/mol. The van der Waals surface area contributed by atoms with Crippen molar-refractivity contribution in [2.45, 2.75) is 6.54 Å². The van der Waals surface area contributed by atoms with Crippen molar-refractivity contribution in [2.24, 2.45) is 0 Å². The summed E-state index contributed by atoms with van der Waals surface area (Å²) in [5.74, 6) is 0. The van der Waals surface area contributed by atoms with Crippen molar-refractivity contribution in [3.05, 3.63) is 66.6 Å². The molecule has 0 bridgehead atoms. The minimum Gasteiger partial charge on any atom is -0.381 e. The third-order valence-corrected chi connectivity index (χ3v) is 3.80. The van der Waals surface area contributed by atoms with E-state index in [0.29, 0.717) is 17.3 Å². The van der Waals surface area contributed by atoms with Crippen LogP contribution in [0.15, 0.2) is 40.9 Å². The summed E-state index contributed by atoms with van der Waals surface area (Å²) in [5.41, 5.74) is 1.49. The Hall–Kier alpha value is -1.30. The normalized spacial score (nSPS) is 10.3. The summed E-state index contributed by atoms with van der Waals surface area (Å²) in [6.07, 6.45) is 0. The summed E-state index contributed by atoms with van der Waals surface area (Å²) in [5, 5.41) is 14.5. The Morgan fingerprint density at radius 3 is 2.55 bits per heavy atom. The van der Waals surface area contributed by atoms with E-state index in [2.05, 4.69) is 21.2 Å². The topological polar surface area (TPSA) is 55.2 Å². The standard InChI is InChI=1S/C13H9BrCl2N2O2/c14-9-1-3-11(15)8(5-9)7-17-10-2-4-13(18(19)20)12(16)6-10/h1-6,17H,7H2. The van der Waals surface area contributed by atoms with Gasteiger partial charge in [0.2, 0.25) is 0 Å². The van der Waals surface area contributed by atoms with Crippen LogP contribution in [-0.2, 0) is 6.54 Å². The van der Waals surface area contributed by atoms with E-state index in [1.807, 2.05) is 12.1 Å². The second kappa shape index (κ2) is 6.43. The maximum absolute atomic E-state index is 10.7. The van der Waals surface area contributed by atoms with Crippen LogP contribution in [0.5, 0.6) is 0 Å². The predicted molar refractivity (Wildman–Crippen MR) is 84.6 cm³/mol. The largest absolute Gasteiger partial charge is 0.381 e. The van der Waals surface area contributed by atoms with Gasteiger partial charge in [0, 0.05) is 27.8 Å². The van der Waals surface area contributed by atoms with E-state index in [1.54, 1.807) is 12.1 Å². The van der Waals surface area contributed by atoms with Crippen molar-refractivity contribution in [1.82, 2.24) is 0 Å². The molecule has 0 heterocycles. The van der Waals surface area contributed by atoms with Crippen LogP contribution in [0.3, 0.4) is 0 Å². The highest BCUT2D eigenvalue weighted by molar-refractivity contribution is 9.10. The molecule has 0 fully saturated rings. The van der Waals surface area contributed by atoms with Gasteiger partial charge in [-0.05, 0) is 35.9 Å². The summed E-state index contributed by atoms with van der Waals surface area (Å²) >= 11 is 15.3. The molecule has 0 radical (unpaired) electrons. The highest BCUT2D eigenvalue weighted by Crippen LogP contribution is 2.28. The molecule has 0 amide bonds. The van der Waals surface area contributed by atoms with Gasteiger partial charge in [-0.1, -0.05) is 39.1 Å². The Kier molecular flexibility index (Phi) is 4.86. The molecule has 0 aliphatic carbocycles. The molecule has 4 nitrogen and oxygen atoms in total. The van der Waals surface area contributed by atoms with Crippen LogP contribution >= 0.6 is 39.1 Å². The van der Waals surface area contributed by atoms with E-state index < -0.39 is 4.92 Å². The number of nitro groups is 1. The van der Waals surface area contributed by atoms with Gasteiger partial charge in [0.05, 0.1) is 4.92 Å². The second-order valence-corrected chi connectivity index (χ2v) is 5.74. The number of nitro benzene ring substituents is 1. The van der Waals surface area contributed by atoms with Gasteiger partial charge in [-0.3, -0.25) is 10.1 Å². The first-order valence-corrected chi connectivity index (χ1v) is 7.14. The molecule has 104 valence electrons. The highest BCUT2D eigenvalue weighted by Gasteiger charge is 2.12. The lowest BCUT2D eigenvalue weighted by Crippen LogP contribution is -2.00. The minimum absolute atomic E-state index is 0.0975. The van der Waals surface area contributed by atoms with Crippen molar-refractivity contribution in [3.8, 4) is 0 Å². The van der Waals surface area contributed by atoms with Crippen LogP contribution in [0, 0.1) is 10.1 Å². The molecule has 0 saturated heterocycles. The smallest absolute Gasteiger partial charge is 0.288 e. The zero-order valence-electron chi connectivity index (χ0n) is 10.1. The number of nitrogens with one attached hydrogen (secondary N) is 1. The lowest BCUT2D eigenvalue weighted by atomic mass is 10.2. The zero-order valence-corrected chi connectivity index (χ0v) is 13.2. The van der Waals surface area contributed by atoms with Gasteiger partial charge in [-0.25, -0.2) is 0 Å². The number of rotatable bonds is 4. The van der Waals surface area contributed by atoms with E-state index in [-0.39, 0.29) is 10.7 Å². The summed E-state index contributed by atoms with van der Waals surface area (Å²) in [6, 6.07) is 10.1. The van der Waals surface area contributed by atoms with Crippen LogP contribution in [0.25, 0.3) is 0 Å². The lowest BCUT2D eigenvalue weighted by Gasteiger charge is -2.09. The van der Waals surface area contributed by atoms with Crippen molar-refractivity contribution >= 4 is 50.5 Å². The fourth-order valence-corrected chi connectivity index (χ4v) is 2.48. The summed E-state index contributed by atoms with van der Waals surface area (Å²) in [4.78, 5) is 10.2. The number of hydrogen-bond acceptors (Lipinski definition) is 3. The molecule has 0 atom stereocenters. The Balaban J connectivity index is 2.13. The molecule has 2 aromatic carbocycles. The molecule has 0 aliphatic heterocycles. The average molecular weight is 376 g/mol. The molecule has 0 saturated carbocycles. The molecular weight excluding hydrogens is 367 g/mol. The van der Waals surface area contributed by atoms with E-state index >= 15 is 0 Å². The lowest BCUT2D eigenvalue weighted by molar-refractivity contribution is -0.384. The van der Waals surface area contributed by atoms with Gasteiger partial charge in [0.15, 0.2) is 0 Å². The first-order valence-electron chi connectivity index (χ1n) is 5.59. The molecule has 0 unspecified atom stereocenters. The van der Waals surface area contributed by atoms with Gasteiger partial charge >= 0.3 is 0 Å². The first-order chi connectivity index (χ1) is 9.47. The minimum atomic E-state index is -0.517. The Morgan fingerprint density at radius 1 is 1.15 bits per heavy atom. The SMILES string of the molecule is O=[N+]([O-])c1ccc(NCc2cc(Br)ccc2Cl)cc1Cl. The van der Waals surface area contributed by atoms with E-state index in [4.69, 9.17) is 23.2 Å². The fourth-order valence-electron chi connectivity index (χ4n) is 1.64. The van der Waals surface area contributed by atoms with E-state index in [1.165, 1.54) is 12.1 Å². The average Bonchev–Trinajstić information content (AvgIpc) is 2.39. The third kappa shape index (κ3) is 3.62. The fraction of sp³-hybridized carbons (Fsp3) is 0.0769. The van der Waals surface area contributed by atoms with Crippen LogP contribution in [0.1, 0.15) is 5.56 Å². The summed E-state index contributed by atoms with van der Waals surface area (Å²) < 4.78 is 0.931. The molecule has 2 rings (SSSR count). The van der Waals surface area contributed by atoms with Gasteiger partial charge in [0.1, 0.15) is 5.02 Å². The maximum Gasteiger partial charge on any atom is 0.288 e. The molecule has 2 aromatic rings. The number of hydrogen-bond donors (Lipinski definition) is 1. The molecular formula is C13H9BrCl2N2O2. The van der Waals surface area contributed by atoms with Crippen LogP contribution in [-0.4, -0.2) is 4.92 Å².